The van der Waals surface area contributed by atoms with Crippen molar-refractivity contribution < 1.29 is 26.4 Å². The van der Waals surface area contributed by atoms with E-state index < -0.39 is 0 Å². The van der Waals surface area contributed by atoms with Crippen LogP contribution in [-0.2, 0) is 21.3 Å². The van der Waals surface area contributed by atoms with Gasteiger partial charge in [0, 0.05) is 16.5 Å². The number of hydrogen-bond donors (Lipinski definition) is 1. The number of aliphatic hydroxyl groups is 1. The molecule has 0 aliphatic carbocycles. The molecule has 7 heavy (non-hydrogen) atoms. The van der Waals surface area contributed by atoms with E-state index >= 15 is 0 Å². The fraction of sp³-hybridized carbons (Fsp3) is 0.250. The third-order valence-corrected chi connectivity index (χ3v) is 0.268. The Hall–Kier alpha value is -0.296. The van der Waals surface area contributed by atoms with Crippen LogP contribution in [0.15, 0.2) is 11.8 Å². The predicted molar refractivity (Wildman–Crippen MR) is 22.1 cm³/mol. The molecule has 0 fully saturated rings. The number of allylic oxidation sites excluding steroid dienone is 2. The minimum atomic E-state index is -0.00926. The molecule has 0 aliphatic heterocycles. The molecule has 0 atom stereocenters. The molecule has 2 nitrogen and oxygen atoms in total. The Morgan fingerprint density at radius 3 is 2.29 bits per heavy atom. The van der Waals surface area contributed by atoms with Gasteiger partial charge in [-0.25, -0.2) is 0 Å². The molecule has 0 aromatic heterocycles. The Morgan fingerprint density at radius 2 is 2.29 bits per heavy atom. The Balaban J connectivity index is 0. The molecule has 0 heterocycles. The van der Waals surface area contributed by atoms with Gasteiger partial charge in [-0.15, -0.1) is 0 Å². The summed E-state index contributed by atoms with van der Waals surface area (Å²) in [6, 6.07) is 0. The van der Waals surface area contributed by atoms with Crippen LogP contribution in [0, 0.1) is 0 Å². The van der Waals surface area contributed by atoms with Crippen LogP contribution in [0.25, 0.3) is 0 Å². The van der Waals surface area contributed by atoms with Crippen LogP contribution in [-0.4, -0.2) is 11.4 Å². The maximum atomic E-state index is 9.25. The minimum absolute atomic E-state index is 0. The quantitative estimate of drug-likeness (QED) is 0.252. The number of carbonyl (C=O) groups excluding carboxylic acids is 1. The summed E-state index contributed by atoms with van der Waals surface area (Å²) in [4.78, 5) is 9.25. The summed E-state index contributed by atoms with van der Waals surface area (Å²) in [6.45, 7) is 1.41. The van der Waals surface area contributed by atoms with Crippen LogP contribution in [0.4, 0.5) is 0 Å². The second-order valence-corrected chi connectivity index (χ2v) is 0.904. The zero-order valence-electron chi connectivity index (χ0n) is 3.75. The Morgan fingerprint density at radius 1 is 1.86 bits per heavy atom. The Kier molecular flexibility index (Phi) is 8.03. The monoisotopic (exact) mass is 143 g/mol. The number of hydrogen-bond acceptors (Lipinski definition) is 2. The third kappa shape index (κ3) is 10.7. The van der Waals surface area contributed by atoms with Gasteiger partial charge in [-0.3, -0.25) is 0 Å². The first kappa shape index (κ1) is 9.86. The van der Waals surface area contributed by atoms with Gasteiger partial charge in [0.2, 0.25) is 0 Å². The predicted octanol–water partition coefficient (Wildman–Crippen LogP) is 0.555. The zero-order valence-corrected chi connectivity index (χ0v) is 4.74. The fourth-order valence-corrected chi connectivity index (χ4v) is 0.0853. The van der Waals surface area contributed by atoms with Crippen LogP contribution in [0.2, 0.25) is 0 Å². The van der Waals surface area contributed by atoms with Crippen LogP contribution < -0.4 is 0 Å². The van der Waals surface area contributed by atoms with Crippen molar-refractivity contribution in [1.82, 2.24) is 0 Å². The topological polar surface area (TPSA) is 37.3 Å². The molecule has 0 saturated carbocycles. The van der Waals surface area contributed by atoms with Crippen molar-refractivity contribution in [3.8, 4) is 0 Å². The fourth-order valence-electron chi connectivity index (χ4n) is 0.0853. The van der Waals surface area contributed by atoms with Gasteiger partial charge in [-0.05, 0) is 6.29 Å². The summed E-state index contributed by atoms with van der Waals surface area (Å²) in [5.74, 6) is -0.00926. The molecule has 0 spiro atoms. The van der Waals surface area contributed by atoms with Gasteiger partial charge in [-0.2, -0.15) is 6.08 Å². The van der Waals surface area contributed by atoms with Crippen molar-refractivity contribution in [2.75, 3.05) is 0 Å². The SMILES string of the molecule is C/C(O)=C/[C-]=O.[Ni]. The van der Waals surface area contributed by atoms with Gasteiger partial charge in [0.15, 0.2) is 0 Å². The molecule has 0 radical (unpaired) electrons. The van der Waals surface area contributed by atoms with E-state index in [1.807, 2.05) is 0 Å². The van der Waals surface area contributed by atoms with Gasteiger partial charge in [0.1, 0.15) is 0 Å². The molecule has 0 bridgehead atoms. The van der Waals surface area contributed by atoms with Gasteiger partial charge < -0.3 is 9.90 Å². The summed E-state index contributed by atoms with van der Waals surface area (Å²) in [6.07, 6.45) is 2.36. The van der Waals surface area contributed by atoms with Crippen LogP contribution in [0.5, 0.6) is 0 Å². The van der Waals surface area contributed by atoms with Crippen molar-refractivity contribution in [2.45, 2.75) is 6.92 Å². The van der Waals surface area contributed by atoms with E-state index in [9.17, 15) is 4.79 Å². The summed E-state index contributed by atoms with van der Waals surface area (Å²) in [5.41, 5.74) is 0. The summed E-state index contributed by atoms with van der Waals surface area (Å²) in [7, 11) is 0. The van der Waals surface area contributed by atoms with Gasteiger partial charge in [0.05, 0.1) is 0 Å². The smallest absolute Gasteiger partial charge is 0 e. The molecule has 0 aromatic carbocycles. The molecule has 0 amide bonds. The van der Waals surface area contributed by atoms with E-state index in [0.717, 1.165) is 6.08 Å². The molecule has 3 heteroatoms. The van der Waals surface area contributed by atoms with Crippen molar-refractivity contribution in [3.63, 3.8) is 0 Å². The minimum Gasteiger partial charge on any atom is -0.597 e. The zero-order chi connectivity index (χ0) is 4.99. The van der Waals surface area contributed by atoms with Gasteiger partial charge in [0.25, 0.3) is 0 Å². The normalized spacial score (nSPS) is 9.57. The van der Waals surface area contributed by atoms with E-state index in [1.165, 1.54) is 13.2 Å². The first-order chi connectivity index (χ1) is 2.77. The van der Waals surface area contributed by atoms with Crippen molar-refractivity contribution in [1.29, 1.82) is 0 Å². The Labute approximate surface area is 52.1 Å². The van der Waals surface area contributed by atoms with Crippen LogP contribution >= 0.6 is 0 Å². The number of rotatable bonds is 1. The third-order valence-electron chi connectivity index (χ3n) is 0.268. The molecular formula is C4H5NiO2-. The average Bonchev–Trinajstić information content (AvgIpc) is 1.35. The van der Waals surface area contributed by atoms with E-state index in [4.69, 9.17) is 5.11 Å². The average molecular weight is 144 g/mol. The van der Waals surface area contributed by atoms with Crippen molar-refractivity contribution >= 4 is 6.29 Å². The first-order valence-electron chi connectivity index (χ1n) is 1.51. The Bertz CT molecular complexity index is 73.8. The molecule has 44 valence electrons. The van der Waals surface area contributed by atoms with Crippen LogP contribution in [0.3, 0.4) is 0 Å². The maximum absolute atomic E-state index is 9.25. The molecule has 1 N–H and O–H groups in total. The summed E-state index contributed by atoms with van der Waals surface area (Å²) in [5, 5.41) is 8.15. The number of aliphatic hydroxyl groups excluding tert-OH is 1. The molecule has 0 aromatic rings. The van der Waals surface area contributed by atoms with Crippen molar-refractivity contribution in [2.24, 2.45) is 0 Å². The second kappa shape index (κ2) is 5.70. The van der Waals surface area contributed by atoms with Gasteiger partial charge in [-0.1, -0.05) is 12.7 Å². The van der Waals surface area contributed by atoms with Crippen LogP contribution in [0.1, 0.15) is 6.92 Å². The first-order valence-corrected chi connectivity index (χ1v) is 1.51. The van der Waals surface area contributed by atoms with Gasteiger partial charge >= 0.3 is 0 Å². The maximum Gasteiger partial charge on any atom is 0 e. The molecule has 0 rings (SSSR count). The molecule has 0 unspecified atom stereocenters. The van der Waals surface area contributed by atoms with E-state index in [0.29, 0.717) is 0 Å². The van der Waals surface area contributed by atoms with E-state index in [-0.39, 0.29) is 22.3 Å². The molecule has 0 aliphatic rings. The molecular weight excluding hydrogens is 139 g/mol. The van der Waals surface area contributed by atoms with Crippen molar-refractivity contribution in [3.05, 3.63) is 11.8 Å². The van der Waals surface area contributed by atoms with E-state index in [2.05, 4.69) is 0 Å². The second-order valence-electron chi connectivity index (χ2n) is 0.904. The van der Waals surface area contributed by atoms with E-state index in [1.54, 1.807) is 0 Å². The summed E-state index contributed by atoms with van der Waals surface area (Å²) < 4.78 is 0. The standard InChI is InChI=1S/C4H5O2.Ni/c1-4(6)2-3-5;/h2,6H,1H3;/q-1;/b4-2-;. The largest absolute Gasteiger partial charge is 0.597 e. The summed E-state index contributed by atoms with van der Waals surface area (Å²) >= 11 is 0. The molecule has 0 saturated heterocycles.